The first-order valence-corrected chi connectivity index (χ1v) is 5.78. The number of methoxy groups -OCH3 is 1. The van der Waals surface area contributed by atoms with Crippen LogP contribution in [0.3, 0.4) is 0 Å². The maximum absolute atomic E-state index is 10.8. The maximum Gasteiger partial charge on any atom is 0.240 e. The predicted octanol–water partition coefficient (Wildman–Crippen LogP) is 2.12. The van der Waals surface area contributed by atoms with Crippen LogP contribution in [0.2, 0.25) is 0 Å². The molecule has 0 atom stereocenters. The smallest absolute Gasteiger partial charge is 0.240 e. The number of hydroxylamine groups is 1. The molecule has 2 aromatic rings. The fourth-order valence-corrected chi connectivity index (χ4v) is 1.86. The molecule has 5 heteroatoms. The first kappa shape index (κ1) is 13.2. The third-order valence-corrected chi connectivity index (χ3v) is 2.68. The highest BCUT2D eigenvalue weighted by molar-refractivity contribution is 5.88. The molecule has 2 rings (SSSR count). The maximum atomic E-state index is 10.8. The van der Waals surface area contributed by atoms with Crippen LogP contribution in [0.4, 0.5) is 0 Å². The van der Waals surface area contributed by atoms with E-state index in [-0.39, 0.29) is 18.3 Å². The number of benzene rings is 2. The number of aromatic hydroxyl groups is 1. The van der Waals surface area contributed by atoms with Crippen molar-refractivity contribution in [2.75, 3.05) is 7.11 Å². The summed E-state index contributed by atoms with van der Waals surface area (Å²) in [5, 5.41) is 11.5. The number of amides is 1. The van der Waals surface area contributed by atoms with Gasteiger partial charge in [0.2, 0.25) is 5.91 Å². The number of phenols is 1. The van der Waals surface area contributed by atoms with Crippen LogP contribution in [0.15, 0.2) is 30.3 Å². The number of carbonyl (C=O) groups is 1. The molecule has 100 valence electrons. The SMILES string of the molecule is COc1ccc2cc(O)cc(CONC(C)=O)c2c1. The molecule has 0 unspecified atom stereocenters. The minimum absolute atomic E-state index is 0.152. The number of ether oxygens (including phenoxy) is 1. The molecular weight excluding hydrogens is 246 g/mol. The van der Waals surface area contributed by atoms with Gasteiger partial charge in [-0.1, -0.05) is 6.07 Å². The lowest BCUT2D eigenvalue weighted by atomic mass is 10.0. The van der Waals surface area contributed by atoms with Crippen molar-refractivity contribution in [3.63, 3.8) is 0 Å². The highest BCUT2D eigenvalue weighted by Crippen LogP contribution is 2.28. The van der Waals surface area contributed by atoms with E-state index in [1.807, 2.05) is 18.2 Å². The van der Waals surface area contributed by atoms with Gasteiger partial charge in [-0.15, -0.1) is 0 Å². The van der Waals surface area contributed by atoms with E-state index in [0.29, 0.717) is 0 Å². The number of hydrogen-bond acceptors (Lipinski definition) is 4. The van der Waals surface area contributed by atoms with Crippen molar-refractivity contribution in [2.45, 2.75) is 13.5 Å². The van der Waals surface area contributed by atoms with E-state index in [2.05, 4.69) is 5.48 Å². The molecule has 0 radical (unpaired) electrons. The minimum Gasteiger partial charge on any atom is -0.508 e. The fraction of sp³-hybridized carbons (Fsp3) is 0.214. The van der Waals surface area contributed by atoms with Crippen molar-refractivity contribution in [1.29, 1.82) is 0 Å². The number of phenolic OH excluding ortho intramolecular Hbond substituents is 1. The lowest BCUT2D eigenvalue weighted by Gasteiger charge is -2.10. The van der Waals surface area contributed by atoms with Crippen molar-refractivity contribution >= 4 is 16.7 Å². The van der Waals surface area contributed by atoms with Crippen molar-refractivity contribution < 1.29 is 19.5 Å². The Labute approximate surface area is 110 Å². The zero-order valence-electron chi connectivity index (χ0n) is 10.8. The number of nitrogens with one attached hydrogen (secondary N) is 1. The lowest BCUT2D eigenvalue weighted by Crippen LogP contribution is -2.19. The third-order valence-electron chi connectivity index (χ3n) is 2.68. The van der Waals surface area contributed by atoms with Gasteiger partial charge in [0.25, 0.3) is 0 Å². The van der Waals surface area contributed by atoms with Gasteiger partial charge in [0.15, 0.2) is 0 Å². The normalized spacial score (nSPS) is 10.4. The van der Waals surface area contributed by atoms with E-state index in [1.54, 1.807) is 19.2 Å². The first-order valence-electron chi connectivity index (χ1n) is 5.78. The van der Waals surface area contributed by atoms with Gasteiger partial charge in [-0.25, -0.2) is 5.48 Å². The molecular formula is C14H15NO4. The summed E-state index contributed by atoms with van der Waals surface area (Å²) in [6.07, 6.45) is 0. The van der Waals surface area contributed by atoms with Crippen LogP contribution < -0.4 is 10.2 Å². The summed E-state index contributed by atoms with van der Waals surface area (Å²) < 4.78 is 5.18. The highest BCUT2D eigenvalue weighted by Gasteiger charge is 2.06. The standard InChI is InChI=1S/C14H15NO4/c1-9(16)15-19-8-11-6-12(17)5-10-3-4-13(18-2)7-14(10)11/h3-7,17H,8H2,1-2H3,(H,15,16). The molecule has 2 N–H and O–H groups in total. The number of carbonyl (C=O) groups excluding carboxylic acids is 1. The van der Waals surface area contributed by atoms with Gasteiger partial charge in [0, 0.05) is 6.92 Å². The molecule has 0 aliphatic heterocycles. The van der Waals surface area contributed by atoms with Gasteiger partial charge in [0.05, 0.1) is 7.11 Å². The Kier molecular flexibility index (Phi) is 3.87. The van der Waals surface area contributed by atoms with Crippen molar-refractivity contribution in [3.05, 3.63) is 35.9 Å². The second kappa shape index (κ2) is 5.58. The highest BCUT2D eigenvalue weighted by atomic mass is 16.6. The summed E-state index contributed by atoms with van der Waals surface area (Å²) in [7, 11) is 1.59. The second-order valence-electron chi connectivity index (χ2n) is 4.14. The summed E-state index contributed by atoms with van der Waals surface area (Å²) in [6, 6.07) is 8.80. The van der Waals surface area contributed by atoms with Crippen molar-refractivity contribution in [3.8, 4) is 11.5 Å². The monoisotopic (exact) mass is 261 g/mol. The summed E-state index contributed by atoms with van der Waals surface area (Å²) >= 11 is 0. The van der Waals surface area contributed by atoms with E-state index in [1.165, 1.54) is 6.92 Å². The van der Waals surface area contributed by atoms with Crippen molar-refractivity contribution in [2.24, 2.45) is 0 Å². The van der Waals surface area contributed by atoms with Crippen LogP contribution in [0.1, 0.15) is 12.5 Å². The zero-order chi connectivity index (χ0) is 13.8. The molecule has 0 aliphatic carbocycles. The Morgan fingerprint density at radius 2 is 2.11 bits per heavy atom. The number of hydrogen-bond donors (Lipinski definition) is 2. The van der Waals surface area contributed by atoms with Gasteiger partial charge >= 0.3 is 0 Å². The van der Waals surface area contributed by atoms with Gasteiger partial charge in [-0.05, 0) is 40.6 Å². The third kappa shape index (κ3) is 3.14. The first-order chi connectivity index (χ1) is 9.10. The minimum atomic E-state index is -0.276. The molecule has 0 heterocycles. The summed E-state index contributed by atoms with van der Waals surface area (Å²) in [4.78, 5) is 15.8. The van der Waals surface area contributed by atoms with Crippen LogP contribution in [0.5, 0.6) is 11.5 Å². The molecule has 0 saturated carbocycles. The summed E-state index contributed by atoms with van der Waals surface area (Å²) in [6.45, 7) is 1.53. The Bertz CT molecular complexity index is 610. The Balaban J connectivity index is 2.36. The molecule has 5 nitrogen and oxygen atoms in total. The average molecular weight is 261 g/mol. The van der Waals surface area contributed by atoms with E-state index in [4.69, 9.17) is 9.57 Å². The van der Waals surface area contributed by atoms with Crippen LogP contribution in [0.25, 0.3) is 10.8 Å². The average Bonchev–Trinajstić information content (AvgIpc) is 2.37. The van der Waals surface area contributed by atoms with Gasteiger partial charge in [-0.3, -0.25) is 9.63 Å². The summed E-state index contributed by atoms with van der Waals surface area (Å²) in [5.74, 6) is 0.597. The van der Waals surface area contributed by atoms with E-state index in [9.17, 15) is 9.90 Å². The van der Waals surface area contributed by atoms with E-state index < -0.39 is 0 Å². The van der Waals surface area contributed by atoms with Crippen LogP contribution in [-0.4, -0.2) is 18.1 Å². The molecule has 0 saturated heterocycles. The van der Waals surface area contributed by atoms with Gasteiger partial charge < -0.3 is 9.84 Å². The van der Waals surface area contributed by atoms with Crippen molar-refractivity contribution in [1.82, 2.24) is 5.48 Å². The largest absolute Gasteiger partial charge is 0.508 e. The van der Waals surface area contributed by atoms with Gasteiger partial charge in [0.1, 0.15) is 18.1 Å². The second-order valence-corrected chi connectivity index (χ2v) is 4.14. The van der Waals surface area contributed by atoms with Crippen LogP contribution in [0, 0.1) is 0 Å². The predicted molar refractivity (Wildman–Crippen MR) is 70.8 cm³/mol. The summed E-state index contributed by atoms with van der Waals surface area (Å²) in [5.41, 5.74) is 3.02. The molecule has 1 amide bonds. The zero-order valence-corrected chi connectivity index (χ0v) is 10.8. The Morgan fingerprint density at radius 1 is 1.32 bits per heavy atom. The molecule has 19 heavy (non-hydrogen) atoms. The van der Waals surface area contributed by atoms with E-state index >= 15 is 0 Å². The Morgan fingerprint density at radius 3 is 2.79 bits per heavy atom. The van der Waals surface area contributed by atoms with Crippen LogP contribution in [-0.2, 0) is 16.2 Å². The number of fused-ring (bicyclic) bond motifs is 1. The Hall–Kier alpha value is -2.27. The van der Waals surface area contributed by atoms with Crippen LogP contribution >= 0.6 is 0 Å². The molecule has 2 aromatic carbocycles. The van der Waals surface area contributed by atoms with Gasteiger partial charge in [-0.2, -0.15) is 0 Å². The molecule has 0 bridgehead atoms. The quantitative estimate of drug-likeness (QED) is 0.827. The fourth-order valence-electron chi connectivity index (χ4n) is 1.86. The molecule has 0 fully saturated rings. The lowest BCUT2D eigenvalue weighted by molar-refractivity contribution is -0.132. The molecule has 0 aliphatic rings. The molecule has 0 spiro atoms. The molecule has 0 aromatic heterocycles. The topological polar surface area (TPSA) is 67.8 Å². The van der Waals surface area contributed by atoms with E-state index in [0.717, 1.165) is 22.1 Å². The number of rotatable bonds is 4.